The number of piperidine rings is 3. The van der Waals surface area contributed by atoms with Gasteiger partial charge in [-0.1, -0.05) is 140 Å². The molecule has 5 N–H and O–H groups in total. The highest BCUT2D eigenvalue weighted by Gasteiger charge is 2.38. The van der Waals surface area contributed by atoms with Crippen molar-refractivity contribution in [3.05, 3.63) is 388 Å². The number of nitrogens with one attached hydrogen (secondary N) is 3. The van der Waals surface area contributed by atoms with E-state index in [1.807, 2.05) is 237 Å². The van der Waals surface area contributed by atoms with E-state index in [2.05, 4.69) is 80.8 Å². The molecule has 12 aromatic heterocycles. The Balaban J connectivity index is 0.000000116. The highest BCUT2D eigenvalue weighted by Crippen LogP contribution is 2.42. The monoisotopic (exact) mass is 2080 g/mol. The Kier molecular flexibility index (Phi) is 34.6. The maximum atomic E-state index is 14.1. The van der Waals surface area contributed by atoms with E-state index in [0.29, 0.717) is 66.8 Å². The molecule has 4 fully saturated rings. The van der Waals surface area contributed by atoms with Crippen molar-refractivity contribution in [2.75, 3.05) is 88.8 Å². The lowest BCUT2D eigenvalue weighted by Gasteiger charge is -2.31. The lowest BCUT2D eigenvalue weighted by molar-refractivity contribution is -0.122. The van der Waals surface area contributed by atoms with Crippen molar-refractivity contribution in [1.29, 1.82) is 0 Å². The van der Waals surface area contributed by atoms with Crippen LogP contribution >= 0.6 is 68.0 Å². The summed E-state index contributed by atoms with van der Waals surface area (Å²) in [6, 6.07) is 71.1. The first-order valence-electron chi connectivity index (χ1n) is 47.7. The van der Waals surface area contributed by atoms with Crippen LogP contribution in [0.2, 0.25) is 0 Å². The minimum absolute atomic E-state index is 0.0416. The third-order valence-electron chi connectivity index (χ3n) is 24.6. The fourth-order valence-corrected chi connectivity index (χ4v) is 22.3. The highest BCUT2D eigenvalue weighted by molar-refractivity contribution is 7.16. The van der Waals surface area contributed by atoms with Gasteiger partial charge in [0.1, 0.15) is 35.2 Å². The van der Waals surface area contributed by atoms with Crippen molar-refractivity contribution < 1.29 is 47.8 Å². The van der Waals surface area contributed by atoms with Crippen LogP contribution in [-0.2, 0) is 28.8 Å². The van der Waals surface area contributed by atoms with E-state index >= 15 is 0 Å². The van der Waals surface area contributed by atoms with Gasteiger partial charge >= 0.3 is 0 Å². The topological polar surface area (TPSA) is 362 Å². The van der Waals surface area contributed by atoms with E-state index in [4.69, 9.17) is 5.11 Å². The van der Waals surface area contributed by atoms with Gasteiger partial charge < -0.3 is 20.8 Å². The number of amides is 6. The fourth-order valence-electron chi connectivity index (χ4n) is 17.2. The number of aromatic hydroxyl groups is 1. The Morgan fingerprint density at radius 2 is 0.764 bits per heavy atom. The molecule has 4 saturated heterocycles. The van der Waals surface area contributed by atoms with E-state index in [1.165, 1.54) is 80.2 Å². The number of benzene rings is 6. The minimum Gasteiger partial charge on any atom is -0.508 e. The summed E-state index contributed by atoms with van der Waals surface area (Å²) in [6.45, 7) is 4.76. The van der Waals surface area contributed by atoms with Gasteiger partial charge in [0.15, 0.2) is 30.8 Å². The molecule has 18 aromatic rings. The average molecular weight is 2080 g/mol. The number of aliphatic hydroxyl groups excluding tert-OH is 1. The standard InChI is InChI=1S/C19H15F2N3OS.C19H17N3O2S.C19H17N3OS.C18H18N4O2S.C18H16N4OS.C18H14N4OS/c20-13-3-4-14(16(21)10-13)15-2-1-9-24(18(15)25)19-23-17(11-26-19)12-5-7-22-8-6-12;23-15-4-1-3-14(11-15)16-5-2-10-22(18(16)24)19-21-17(12-25-19)13-6-8-20-9-7-13;23-18-16(14-5-2-1-3-6-14)7-4-12-22(18)19-21-17(13-24-19)15-8-10-20-11-9-15;23-11-10-20-16(14-4-2-1-3-5-14)17(24)22-18-21-15(12-25-18)13-6-8-19-9-7-13;2*23-17-16(14-4-2-1-3-5-14)20-10-11-22(17)18-21-15(12-24-18)13-6-8-19-9-7-13/h3-8,10-11,15H,1-2,9H2;1,3-4,6-9,11-12,16,23H,2,5,10H2;1-3,5-6,8-11,13,16H,4,7,12H2;1-9,12,16,20,23H,10-11H2,(H,21,22,24);1-9,12,16,20H,10-11H2;1-9,12H,10-11H2/t;;;16-;;/m...1../s1. The number of anilines is 6. The second-order valence-electron chi connectivity index (χ2n) is 34.1. The number of hydrogen-bond acceptors (Lipinski definition) is 29. The number of halogens is 2. The van der Waals surface area contributed by atoms with Gasteiger partial charge in [0.25, 0.3) is 11.8 Å². The summed E-state index contributed by atoms with van der Waals surface area (Å²) in [5.41, 5.74) is 16.3. The number of aliphatic hydroxyl groups is 1. The second kappa shape index (κ2) is 50.2. The highest BCUT2D eigenvalue weighted by atomic mass is 32.1. The predicted octanol–water partition coefficient (Wildman–Crippen LogP) is 20.7. The maximum absolute atomic E-state index is 14.1. The number of phenols is 1. The zero-order valence-corrected chi connectivity index (χ0v) is 84.4. The molecule has 17 heterocycles. The number of thiazole rings is 6. The van der Waals surface area contributed by atoms with E-state index in [1.54, 1.807) is 112 Å². The van der Waals surface area contributed by atoms with Crippen LogP contribution < -0.4 is 40.4 Å². The fraction of sp³-hybridized carbons (Fsp3) is 0.180. The molecule has 23 rings (SSSR count). The molecule has 0 spiro atoms. The number of piperazine rings is 1. The van der Waals surface area contributed by atoms with Crippen LogP contribution in [0.15, 0.2) is 348 Å². The van der Waals surface area contributed by atoms with Crippen molar-refractivity contribution in [2.45, 2.75) is 68.4 Å². The summed E-state index contributed by atoms with van der Waals surface area (Å²) < 4.78 is 27.3. The number of aromatic nitrogens is 12. The minimum atomic E-state index is -0.679. The summed E-state index contributed by atoms with van der Waals surface area (Å²) in [5.74, 6) is -2.29. The van der Waals surface area contributed by atoms with Crippen molar-refractivity contribution >= 4 is 140 Å². The molecule has 37 heteroatoms. The molecule has 29 nitrogen and oxygen atoms in total. The predicted molar refractivity (Wildman–Crippen MR) is 579 cm³/mol. The summed E-state index contributed by atoms with van der Waals surface area (Å²) in [5, 5.41) is 43.7. The summed E-state index contributed by atoms with van der Waals surface area (Å²) in [6.07, 6.45) is 25.6. The molecule has 0 bridgehead atoms. The van der Waals surface area contributed by atoms with Gasteiger partial charge in [0.05, 0.1) is 65.1 Å². The molecule has 0 saturated carbocycles. The zero-order valence-electron chi connectivity index (χ0n) is 79.5. The van der Waals surface area contributed by atoms with Crippen molar-refractivity contribution in [2.24, 2.45) is 4.99 Å². The smallest absolute Gasteiger partial charge is 0.278 e. The molecule has 0 radical (unpaired) electrons. The number of aliphatic imine (C=N–C) groups is 1. The Bertz CT molecular complexity index is 7340. The molecule has 5 atom stereocenters. The van der Waals surface area contributed by atoms with Crippen molar-refractivity contribution in [3.8, 4) is 73.3 Å². The molecular formula is C111H97F2N21O8S6. The second-order valence-corrected chi connectivity index (χ2v) is 39.1. The Hall–Kier alpha value is -16.0. The van der Waals surface area contributed by atoms with Gasteiger partial charge in [0.2, 0.25) is 23.6 Å². The van der Waals surface area contributed by atoms with E-state index in [0.717, 1.165) is 162 Å². The van der Waals surface area contributed by atoms with E-state index < -0.39 is 23.6 Å². The van der Waals surface area contributed by atoms with Crippen molar-refractivity contribution in [1.82, 2.24) is 70.4 Å². The van der Waals surface area contributed by atoms with Crippen LogP contribution in [0.25, 0.3) is 67.5 Å². The Labute approximate surface area is 875 Å². The lowest BCUT2D eigenvalue weighted by atomic mass is 9.89. The first-order valence-corrected chi connectivity index (χ1v) is 53.0. The van der Waals surface area contributed by atoms with Crippen LogP contribution in [-0.4, -0.2) is 170 Å². The normalized spacial score (nSPS) is 16.2. The van der Waals surface area contributed by atoms with E-state index in [-0.39, 0.29) is 71.2 Å². The van der Waals surface area contributed by atoms with E-state index in [9.17, 15) is 42.7 Å². The molecule has 744 valence electrons. The van der Waals surface area contributed by atoms with Gasteiger partial charge in [-0.15, -0.1) is 68.0 Å². The van der Waals surface area contributed by atoms with Gasteiger partial charge in [-0.2, -0.15) is 0 Å². The van der Waals surface area contributed by atoms with Gasteiger partial charge in [0, 0.05) is 203 Å². The van der Waals surface area contributed by atoms with Crippen LogP contribution in [0.5, 0.6) is 5.75 Å². The third kappa shape index (κ3) is 25.6. The van der Waals surface area contributed by atoms with Gasteiger partial charge in [-0.05, 0) is 152 Å². The Morgan fingerprint density at radius 3 is 1.20 bits per heavy atom. The number of hydrogen-bond donors (Lipinski definition) is 5. The molecule has 4 unspecified atom stereocenters. The van der Waals surface area contributed by atoms with Crippen LogP contribution in [0.4, 0.5) is 39.6 Å². The number of phenolic OH excluding ortho intramolecular Hbond substituents is 1. The van der Waals surface area contributed by atoms with Crippen LogP contribution in [0.1, 0.15) is 102 Å². The summed E-state index contributed by atoms with van der Waals surface area (Å²) in [4.78, 5) is 142. The molecule has 5 aliphatic rings. The third-order valence-corrected chi connectivity index (χ3v) is 29.7. The molecule has 6 aromatic carbocycles. The summed E-state index contributed by atoms with van der Waals surface area (Å²) in [7, 11) is 0. The lowest BCUT2D eigenvalue weighted by Crippen LogP contribution is -2.50. The largest absolute Gasteiger partial charge is 0.508 e. The molecule has 0 aliphatic carbocycles. The maximum Gasteiger partial charge on any atom is 0.278 e. The Morgan fingerprint density at radius 1 is 0.385 bits per heavy atom. The number of carbonyl (C=O) groups excluding carboxylic acids is 6. The van der Waals surface area contributed by atoms with Crippen molar-refractivity contribution in [3.63, 3.8) is 0 Å². The quantitative estimate of drug-likeness (QED) is 0.0421. The molecule has 148 heavy (non-hydrogen) atoms. The first-order chi connectivity index (χ1) is 72.6. The average Bonchev–Trinajstić information content (AvgIpc) is 1.52. The molecular weight excluding hydrogens is 1990 g/mol. The van der Waals surface area contributed by atoms with Gasteiger partial charge in [-0.25, -0.2) is 38.7 Å². The number of rotatable bonds is 22. The number of carbonyl (C=O) groups is 6. The summed E-state index contributed by atoms with van der Waals surface area (Å²) >= 11 is 8.72. The zero-order chi connectivity index (χ0) is 102. The molecule has 6 amide bonds. The van der Waals surface area contributed by atoms with Crippen LogP contribution in [0, 0.1) is 11.6 Å². The number of pyridine rings is 6. The van der Waals surface area contributed by atoms with Crippen LogP contribution in [0.3, 0.4) is 0 Å². The van der Waals surface area contributed by atoms with Gasteiger partial charge in [-0.3, -0.25) is 93.5 Å². The molecule has 5 aliphatic heterocycles. The number of nitrogens with zero attached hydrogens (tertiary/aromatic N) is 18. The first kappa shape index (κ1) is 102. The SMILES string of the molecule is O=C(Nc1nc(-c2ccncc2)cs1)[C@H](NCCO)c1ccccc1.O=C1C(c2ccc(F)cc2F)CCCN1c1nc(-c2ccncc2)cs1.O=C1C(c2cccc(O)c2)CCCN1c1nc(-c2ccncc2)cs1.O=C1C(c2ccccc2)=NCCN1c1nc(-c2ccncc2)cs1.O=C1C(c2ccccc2)CCCN1c1nc(-c2ccncc2)cs1.O=C1C(c2ccccc2)NCCN1c1nc(-c2ccncc2)cs1.